The number of H-pyrrole nitrogens is 1. The van der Waals surface area contributed by atoms with Crippen molar-refractivity contribution in [2.45, 2.75) is 6.04 Å². The molecule has 13 heavy (non-hydrogen) atoms. The van der Waals surface area contributed by atoms with Gasteiger partial charge in [-0.05, 0) is 25.7 Å². The van der Waals surface area contributed by atoms with Crippen molar-refractivity contribution in [2.24, 2.45) is 5.92 Å². The van der Waals surface area contributed by atoms with Gasteiger partial charge in [0.15, 0.2) is 0 Å². The van der Waals surface area contributed by atoms with Gasteiger partial charge in [-0.15, -0.1) is 0 Å². The number of rotatable bonds is 3. The minimum absolute atomic E-state index is 0.562. The molecule has 0 amide bonds. The van der Waals surface area contributed by atoms with Gasteiger partial charge in [0.25, 0.3) is 0 Å². The first-order valence-electron chi connectivity index (χ1n) is 4.79. The summed E-state index contributed by atoms with van der Waals surface area (Å²) in [6, 6.07) is 2.73. The summed E-state index contributed by atoms with van der Waals surface area (Å²) in [5.74, 6) is 0.769. The van der Waals surface area contributed by atoms with E-state index in [1.54, 1.807) is 0 Å². The van der Waals surface area contributed by atoms with Crippen LogP contribution in [0.5, 0.6) is 0 Å². The SMILES string of the molecule is CN(C)C(c1cc[nH]c1)C1CNC1. The van der Waals surface area contributed by atoms with E-state index in [2.05, 4.69) is 41.6 Å². The van der Waals surface area contributed by atoms with Crippen LogP contribution in [0.1, 0.15) is 11.6 Å². The van der Waals surface area contributed by atoms with Crippen molar-refractivity contribution < 1.29 is 0 Å². The molecule has 1 aliphatic heterocycles. The Hall–Kier alpha value is -0.800. The highest BCUT2D eigenvalue weighted by Crippen LogP contribution is 2.28. The van der Waals surface area contributed by atoms with Crippen molar-refractivity contribution >= 4 is 0 Å². The Labute approximate surface area is 79.1 Å². The smallest absolute Gasteiger partial charge is 0.0409 e. The predicted molar refractivity (Wildman–Crippen MR) is 53.6 cm³/mol. The summed E-state index contributed by atoms with van der Waals surface area (Å²) in [5.41, 5.74) is 1.40. The molecule has 2 rings (SSSR count). The first-order valence-corrected chi connectivity index (χ1v) is 4.79. The van der Waals surface area contributed by atoms with E-state index in [9.17, 15) is 0 Å². The molecule has 0 bridgehead atoms. The van der Waals surface area contributed by atoms with Crippen LogP contribution in [0.15, 0.2) is 18.5 Å². The van der Waals surface area contributed by atoms with Crippen molar-refractivity contribution in [3.05, 3.63) is 24.0 Å². The maximum absolute atomic E-state index is 3.32. The lowest BCUT2D eigenvalue weighted by atomic mass is 9.89. The number of aromatic nitrogens is 1. The monoisotopic (exact) mass is 179 g/mol. The quantitative estimate of drug-likeness (QED) is 0.720. The molecule has 1 fully saturated rings. The average Bonchev–Trinajstić information content (AvgIpc) is 2.46. The van der Waals surface area contributed by atoms with Crippen LogP contribution in [0, 0.1) is 5.92 Å². The minimum Gasteiger partial charge on any atom is -0.367 e. The Bertz CT molecular complexity index is 249. The summed E-state index contributed by atoms with van der Waals surface area (Å²) in [7, 11) is 4.30. The topological polar surface area (TPSA) is 31.1 Å². The fourth-order valence-corrected chi connectivity index (χ4v) is 2.05. The van der Waals surface area contributed by atoms with Gasteiger partial charge >= 0.3 is 0 Å². The summed E-state index contributed by atoms with van der Waals surface area (Å²) < 4.78 is 0. The molecule has 2 heterocycles. The lowest BCUT2D eigenvalue weighted by Gasteiger charge is -2.38. The van der Waals surface area contributed by atoms with Gasteiger partial charge in [-0.1, -0.05) is 0 Å². The van der Waals surface area contributed by atoms with Crippen molar-refractivity contribution in [2.75, 3.05) is 27.2 Å². The fraction of sp³-hybridized carbons (Fsp3) is 0.600. The van der Waals surface area contributed by atoms with Gasteiger partial charge in [0.2, 0.25) is 0 Å². The predicted octanol–water partition coefficient (Wildman–Crippen LogP) is 0.837. The Morgan fingerprint density at radius 3 is 2.62 bits per heavy atom. The number of aromatic amines is 1. The van der Waals surface area contributed by atoms with Gasteiger partial charge in [0, 0.05) is 37.4 Å². The molecule has 1 saturated heterocycles. The molecule has 0 saturated carbocycles. The lowest BCUT2D eigenvalue weighted by Crippen LogP contribution is -2.48. The molecule has 3 heteroatoms. The van der Waals surface area contributed by atoms with E-state index in [1.807, 2.05) is 6.20 Å². The summed E-state index contributed by atoms with van der Waals surface area (Å²) in [6.07, 6.45) is 4.10. The Kier molecular flexibility index (Phi) is 2.38. The second kappa shape index (κ2) is 3.52. The standard InChI is InChI=1S/C10H17N3/c1-13(2)10(9-6-12-7-9)8-3-4-11-5-8/h3-5,9-12H,6-7H2,1-2H3. The highest BCUT2D eigenvalue weighted by Gasteiger charge is 2.29. The minimum atomic E-state index is 0.562. The maximum atomic E-state index is 3.32. The molecule has 0 aromatic carbocycles. The number of hydrogen-bond donors (Lipinski definition) is 2. The van der Waals surface area contributed by atoms with E-state index < -0.39 is 0 Å². The van der Waals surface area contributed by atoms with E-state index >= 15 is 0 Å². The molecule has 0 aliphatic carbocycles. The third kappa shape index (κ3) is 1.62. The van der Waals surface area contributed by atoms with E-state index in [4.69, 9.17) is 0 Å². The highest BCUT2D eigenvalue weighted by atomic mass is 15.1. The molecule has 1 aliphatic rings. The van der Waals surface area contributed by atoms with Gasteiger partial charge in [0.1, 0.15) is 0 Å². The normalized spacial score (nSPS) is 20.2. The highest BCUT2D eigenvalue weighted by molar-refractivity contribution is 5.16. The van der Waals surface area contributed by atoms with Crippen LogP contribution < -0.4 is 5.32 Å². The van der Waals surface area contributed by atoms with Gasteiger partial charge in [-0.3, -0.25) is 0 Å². The van der Waals surface area contributed by atoms with Crippen molar-refractivity contribution in [3.63, 3.8) is 0 Å². The molecule has 0 spiro atoms. The second-order valence-corrected chi connectivity index (χ2v) is 3.97. The second-order valence-electron chi connectivity index (χ2n) is 3.97. The lowest BCUT2D eigenvalue weighted by molar-refractivity contribution is 0.161. The summed E-state index contributed by atoms with van der Waals surface area (Å²) in [6.45, 7) is 2.29. The zero-order chi connectivity index (χ0) is 9.26. The largest absolute Gasteiger partial charge is 0.367 e. The van der Waals surface area contributed by atoms with Crippen LogP contribution in [0.4, 0.5) is 0 Å². The molecule has 1 aromatic heterocycles. The Morgan fingerprint density at radius 2 is 2.23 bits per heavy atom. The van der Waals surface area contributed by atoms with E-state index in [0.717, 1.165) is 19.0 Å². The zero-order valence-electron chi connectivity index (χ0n) is 8.25. The molecule has 2 N–H and O–H groups in total. The molecule has 72 valence electrons. The first kappa shape index (κ1) is 8.78. The summed E-state index contributed by atoms with van der Waals surface area (Å²) >= 11 is 0. The molecule has 1 aromatic rings. The molecular weight excluding hydrogens is 162 g/mol. The maximum Gasteiger partial charge on any atom is 0.0409 e. The first-order chi connectivity index (χ1) is 6.29. The van der Waals surface area contributed by atoms with Crippen molar-refractivity contribution in [1.82, 2.24) is 15.2 Å². The van der Waals surface area contributed by atoms with Crippen LogP contribution in [0.3, 0.4) is 0 Å². The fourth-order valence-electron chi connectivity index (χ4n) is 2.05. The molecular formula is C10H17N3. The summed E-state index contributed by atoms with van der Waals surface area (Å²) in [4.78, 5) is 5.42. The van der Waals surface area contributed by atoms with Crippen molar-refractivity contribution in [3.8, 4) is 0 Å². The molecule has 0 radical (unpaired) electrons. The van der Waals surface area contributed by atoms with Crippen LogP contribution in [0.2, 0.25) is 0 Å². The number of hydrogen-bond acceptors (Lipinski definition) is 2. The van der Waals surface area contributed by atoms with Crippen molar-refractivity contribution in [1.29, 1.82) is 0 Å². The third-order valence-electron chi connectivity index (χ3n) is 2.78. The van der Waals surface area contributed by atoms with Gasteiger partial charge < -0.3 is 15.2 Å². The summed E-state index contributed by atoms with van der Waals surface area (Å²) in [5, 5.41) is 3.32. The van der Waals surface area contributed by atoms with E-state index in [1.165, 1.54) is 5.56 Å². The van der Waals surface area contributed by atoms with Gasteiger partial charge in [0.05, 0.1) is 0 Å². The van der Waals surface area contributed by atoms with Crippen LogP contribution >= 0.6 is 0 Å². The van der Waals surface area contributed by atoms with Crippen LogP contribution in [0.25, 0.3) is 0 Å². The number of nitrogens with one attached hydrogen (secondary N) is 2. The Balaban J connectivity index is 2.13. The zero-order valence-corrected chi connectivity index (χ0v) is 8.25. The van der Waals surface area contributed by atoms with Crippen LogP contribution in [-0.4, -0.2) is 37.1 Å². The molecule has 3 nitrogen and oxygen atoms in total. The Morgan fingerprint density at radius 1 is 1.46 bits per heavy atom. The van der Waals surface area contributed by atoms with E-state index in [-0.39, 0.29) is 0 Å². The van der Waals surface area contributed by atoms with Crippen LogP contribution in [-0.2, 0) is 0 Å². The third-order valence-corrected chi connectivity index (χ3v) is 2.78. The van der Waals surface area contributed by atoms with Gasteiger partial charge in [-0.25, -0.2) is 0 Å². The number of nitrogens with zero attached hydrogens (tertiary/aromatic N) is 1. The van der Waals surface area contributed by atoms with E-state index in [0.29, 0.717) is 6.04 Å². The molecule has 1 unspecified atom stereocenters. The molecule has 1 atom stereocenters. The van der Waals surface area contributed by atoms with Gasteiger partial charge in [-0.2, -0.15) is 0 Å². The average molecular weight is 179 g/mol.